The largest absolute Gasteiger partial charge is 0.459 e. The Labute approximate surface area is 158 Å². The van der Waals surface area contributed by atoms with Gasteiger partial charge in [-0.15, -0.1) is 0 Å². The summed E-state index contributed by atoms with van der Waals surface area (Å²) >= 11 is 0. The number of rotatable bonds is 4. The number of halogens is 1. The lowest BCUT2D eigenvalue weighted by Gasteiger charge is -2.21. The molecule has 0 saturated heterocycles. The number of hydrogen-bond acceptors (Lipinski definition) is 5. The van der Waals surface area contributed by atoms with Crippen LogP contribution in [0.3, 0.4) is 0 Å². The van der Waals surface area contributed by atoms with Crippen LogP contribution < -0.4 is 4.90 Å². The third-order valence-corrected chi connectivity index (χ3v) is 4.02. The summed E-state index contributed by atoms with van der Waals surface area (Å²) in [5.41, 5.74) is 1.10. The highest BCUT2D eigenvalue weighted by atomic mass is 19.1. The summed E-state index contributed by atoms with van der Waals surface area (Å²) in [6.07, 6.45) is 4.20. The first kappa shape index (κ1) is 17.4. The van der Waals surface area contributed by atoms with Crippen LogP contribution in [0.1, 0.15) is 21.1 Å². The van der Waals surface area contributed by atoms with Crippen LogP contribution in [0.25, 0.3) is 11.3 Å². The quantitative estimate of drug-likeness (QED) is 0.488. The van der Waals surface area contributed by atoms with Gasteiger partial charge in [0.15, 0.2) is 11.5 Å². The first-order chi connectivity index (χ1) is 13.6. The molecule has 2 amide bonds. The van der Waals surface area contributed by atoms with Gasteiger partial charge in [0.25, 0.3) is 0 Å². The molecule has 0 atom stereocenters. The zero-order valence-electron chi connectivity index (χ0n) is 14.4. The summed E-state index contributed by atoms with van der Waals surface area (Å²) in [5.74, 6) is -1.80. The smallest absolute Gasteiger partial charge is 0.301 e. The average Bonchev–Trinajstić information content (AvgIpc) is 3.43. The minimum atomic E-state index is -0.678. The molecule has 4 rings (SSSR count). The normalized spacial score (nSPS) is 10.6. The van der Waals surface area contributed by atoms with Gasteiger partial charge in [0.2, 0.25) is 0 Å². The van der Waals surface area contributed by atoms with E-state index in [9.17, 15) is 14.0 Å². The molecule has 3 heterocycles. The topological polar surface area (TPSA) is 76.6 Å². The van der Waals surface area contributed by atoms with E-state index in [4.69, 9.17) is 8.83 Å². The monoisotopic (exact) mass is 376 g/mol. The van der Waals surface area contributed by atoms with E-state index in [0.717, 1.165) is 4.90 Å². The molecule has 28 heavy (non-hydrogen) atoms. The number of aromatic nitrogens is 1. The van der Waals surface area contributed by atoms with Crippen molar-refractivity contribution in [2.75, 3.05) is 4.90 Å². The number of pyridine rings is 1. The van der Waals surface area contributed by atoms with Crippen molar-refractivity contribution in [2.45, 2.75) is 0 Å². The molecular formula is C21H13FN2O4. The minimum absolute atomic E-state index is 0.0196. The SMILES string of the molecule is O=C(c1ccco1)N(C(=O)c1ccco1)c1cccnc1-c1ccc(F)cc1. The molecule has 7 heteroatoms. The van der Waals surface area contributed by atoms with Crippen LogP contribution >= 0.6 is 0 Å². The van der Waals surface area contributed by atoms with E-state index in [1.165, 1.54) is 55.1 Å². The Balaban J connectivity index is 1.87. The lowest BCUT2D eigenvalue weighted by Crippen LogP contribution is -2.37. The van der Waals surface area contributed by atoms with Gasteiger partial charge in [0.1, 0.15) is 5.82 Å². The molecule has 0 aliphatic carbocycles. The van der Waals surface area contributed by atoms with Crippen LogP contribution in [0.4, 0.5) is 10.1 Å². The first-order valence-electron chi connectivity index (χ1n) is 8.32. The highest BCUT2D eigenvalue weighted by Gasteiger charge is 2.31. The molecule has 138 valence electrons. The summed E-state index contributed by atoms with van der Waals surface area (Å²) in [5, 5.41) is 0. The number of furan rings is 2. The van der Waals surface area contributed by atoms with Crippen molar-refractivity contribution in [3.8, 4) is 11.3 Å². The Kier molecular flexibility index (Phi) is 4.55. The van der Waals surface area contributed by atoms with Crippen molar-refractivity contribution >= 4 is 17.5 Å². The Morgan fingerprint density at radius 1 is 0.821 bits per heavy atom. The molecule has 0 saturated carbocycles. The summed E-state index contributed by atoms with van der Waals surface area (Å²) < 4.78 is 23.7. The lowest BCUT2D eigenvalue weighted by atomic mass is 10.1. The van der Waals surface area contributed by atoms with Crippen LogP contribution in [-0.4, -0.2) is 16.8 Å². The van der Waals surface area contributed by atoms with Crippen molar-refractivity contribution in [1.29, 1.82) is 0 Å². The highest BCUT2D eigenvalue weighted by Crippen LogP contribution is 2.31. The molecule has 0 bridgehead atoms. The Morgan fingerprint density at radius 2 is 1.43 bits per heavy atom. The fourth-order valence-corrected chi connectivity index (χ4v) is 2.74. The van der Waals surface area contributed by atoms with Crippen molar-refractivity contribution in [3.05, 3.63) is 96.7 Å². The van der Waals surface area contributed by atoms with Gasteiger partial charge in [-0.3, -0.25) is 14.6 Å². The summed E-state index contributed by atoms with van der Waals surface area (Å²) in [7, 11) is 0. The number of carbonyl (C=O) groups excluding carboxylic acids is 2. The van der Waals surface area contributed by atoms with Crippen molar-refractivity contribution < 1.29 is 22.8 Å². The Bertz CT molecular complexity index is 1060. The van der Waals surface area contributed by atoms with Gasteiger partial charge < -0.3 is 8.83 Å². The van der Waals surface area contributed by atoms with E-state index >= 15 is 0 Å². The second-order valence-electron chi connectivity index (χ2n) is 5.78. The average molecular weight is 376 g/mol. The standard InChI is InChI=1S/C21H13FN2O4/c22-15-9-7-14(8-10-15)19-16(4-1-11-23-19)24(20(25)17-5-2-12-27-17)21(26)18-6-3-13-28-18/h1-13H. The molecule has 0 spiro atoms. The zero-order chi connectivity index (χ0) is 19.5. The van der Waals surface area contributed by atoms with Crippen molar-refractivity contribution in [1.82, 2.24) is 4.98 Å². The Hall–Kier alpha value is -4.00. The number of hydrogen-bond donors (Lipinski definition) is 0. The maximum absolute atomic E-state index is 13.3. The van der Waals surface area contributed by atoms with Gasteiger partial charge in [0, 0.05) is 11.8 Å². The molecule has 0 fully saturated rings. The van der Waals surface area contributed by atoms with Crippen molar-refractivity contribution in [2.24, 2.45) is 0 Å². The van der Waals surface area contributed by atoms with E-state index in [1.807, 2.05) is 0 Å². The molecule has 0 N–H and O–H groups in total. The van der Waals surface area contributed by atoms with E-state index < -0.39 is 17.6 Å². The van der Waals surface area contributed by atoms with Crippen molar-refractivity contribution in [3.63, 3.8) is 0 Å². The fourth-order valence-electron chi connectivity index (χ4n) is 2.74. The fraction of sp³-hybridized carbons (Fsp3) is 0. The molecule has 0 aliphatic rings. The number of carbonyl (C=O) groups is 2. The minimum Gasteiger partial charge on any atom is -0.459 e. The van der Waals surface area contributed by atoms with Gasteiger partial charge in [-0.25, -0.2) is 9.29 Å². The third-order valence-electron chi connectivity index (χ3n) is 4.02. The summed E-state index contributed by atoms with van der Waals surface area (Å²) in [6, 6.07) is 14.8. The van der Waals surface area contributed by atoms with E-state index in [2.05, 4.69) is 4.98 Å². The molecule has 6 nitrogen and oxygen atoms in total. The van der Waals surface area contributed by atoms with Crippen LogP contribution in [-0.2, 0) is 0 Å². The molecule has 1 aromatic carbocycles. The van der Waals surface area contributed by atoms with Gasteiger partial charge in [-0.05, 0) is 60.7 Å². The predicted molar refractivity (Wildman–Crippen MR) is 98.2 cm³/mol. The molecule has 3 aromatic heterocycles. The molecule has 0 radical (unpaired) electrons. The van der Waals surface area contributed by atoms with Gasteiger partial charge in [0.05, 0.1) is 23.9 Å². The molecule has 0 unspecified atom stereocenters. The predicted octanol–water partition coefficient (Wildman–Crippen LogP) is 4.56. The summed E-state index contributed by atoms with van der Waals surface area (Å²) in [4.78, 5) is 31.4. The number of imide groups is 1. The highest BCUT2D eigenvalue weighted by molar-refractivity contribution is 6.25. The molecular weight excluding hydrogens is 363 g/mol. The number of benzene rings is 1. The van der Waals surface area contributed by atoms with Crippen LogP contribution in [0.2, 0.25) is 0 Å². The maximum atomic E-state index is 13.3. The second-order valence-corrected chi connectivity index (χ2v) is 5.78. The number of nitrogens with zero attached hydrogens (tertiary/aromatic N) is 2. The molecule has 4 aromatic rings. The zero-order valence-corrected chi connectivity index (χ0v) is 14.4. The van der Waals surface area contributed by atoms with Crippen LogP contribution in [0, 0.1) is 5.82 Å². The second kappa shape index (κ2) is 7.32. The number of amides is 2. The van der Waals surface area contributed by atoms with E-state index in [-0.39, 0.29) is 17.2 Å². The van der Waals surface area contributed by atoms with Crippen LogP contribution in [0.15, 0.2) is 88.2 Å². The lowest BCUT2D eigenvalue weighted by molar-refractivity contribution is 0.0867. The number of anilines is 1. The third kappa shape index (κ3) is 3.21. The van der Waals surface area contributed by atoms with E-state index in [0.29, 0.717) is 11.3 Å². The molecule has 0 aliphatic heterocycles. The maximum Gasteiger partial charge on any atom is 0.301 e. The first-order valence-corrected chi connectivity index (χ1v) is 8.32. The van der Waals surface area contributed by atoms with Gasteiger partial charge >= 0.3 is 11.8 Å². The van der Waals surface area contributed by atoms with Gasteiger partial charge in [-0.1, -0.05) is 0 Å². The van der Waals surface area contributed by atoms with Gasteiger partial charge in [-0.2, -0.15) is 0 Å². The Morgan fingerprint density at radius 3 is 1.96 bits per heavy atom. The summed E-state index contributed by atoms with van der Waals surface area (Å²) in [6.45, 7) is 0. The van der Waals surface area contributed by atoms with Crippen LogP contribution in [0.5, 0.6) is 0 Å². The van der Waals surface area contributed by atoms with E-state index in [1.54, 1.807) is 24.3 Å².